The fraction of sp³-hybridized carbons (Fsp3) is 0.474. The van der Waals surface area contributed by atoms with Gasteiger partial charge in [0.05, 0.1) is 11.7 Å². The molecule has 3 aromatic heterocycles. The molecule has 0 amide bonds. The largest absolute Gasteiger partial charge is 0.338 e. The molecule has 0 unspecified atom stereocenters. The van der Waals surface area contributed by atoms with Gasteiger partial charge in [0.25, 0.3) is 0 Å². The van der Waals surface area contributed by atoms with Crippen molar-refractivity contribution in [1.82, 2.24) is 30.0 Å². The lowest BCUT2D eigenvalue weighted by atomic mass is 10.1. The standard InChI is InChI=1S/C19H26N8/c1-5-6-14-16-17(27(4)25-14)18(22-15-8-7-12(2)9-21-15)24-19(23-16)26(3)13-10-20-11-13/h7-9,13,20H,5-6,10-11H2,1-4H3,(H,21,22,23,24). The van der Waals surface area contributed by atoms with Gasteiger partial charge in [0.15, 0.2) is 5.82 Å². The Kier molecular flexibility index (Phi) is 4.65. The summed E-state index contributed by atoms with van der Waals surface area (Å²) in [5.41, 5.74) is 3.96. The molecule has 1 aliphatic rings. The van der Waals surface area contributed by atoms with Gasteiger partial charge in [-0.15, -0.1) is 0 Å². The van der Waals surface area contributed by atoms with Crippen LogP contribution in [0.4, 0.5) is 17.6 Å². The zero-order valence-corrected chi connectivity index (χ0v) is 16.3. The lowest BCUT2D eigenvalue weighted by Gasteiger charge is -2.35. The Labute approximate surface area is 159 Å². The van der Waals surface area contributed by atoms with Gasteiger partial charge in [-0.3, -0.25) is 4.68 Å². The number of hydrogen-bond donors (Lipinski definition) is 2. The second-order valence-corrected chi connectivity index (χ2v) is 7.16. The van der Waals surface area contributed by atoms with Crippen LogP contribution in [0, 0.1) is 6.92 Å². The molecule has 1 aliphatic heterocycles. The summed E-state index contributed by atoms with van der Waals surface area (Å²) in [5.74, 6) is 2.22. The number of anilines is 3. The van der Waals surface area contributed by atoms with Crippen molar-refractivity contribution in [2.75, 3.05) is 30.4 Å². The predicted octanol–water partition coefficient (Wildman–Crippen LogP) is 2.17. The molecule has 1 fully saturated rings. The van der Waals surface area contributed by atoms with Gasteiger partial charge in [-0.05, 0) is 25.0 Å². The number of hydrogen-bond acceptors (Lipinski definition) is 7. The minimum absolute atomic E-state index is 0.416. The van der Waals surface area contributed by atoms with Crippen molar-refractivity contribution in [3.05, 3.63) is 29.6 Å². The lowest BCUT2D eigenvalue weighted by Crippen LogP contribution is -2.56. The summed E-state index contributed by atoms with van der Waals surface area (Å²) >= 11 is 0. The van der Waals surface area contributed by atoms with E-state index in [1.54, 1.807) is 0 Å². The van der Waals surface area contributed by atoms with Gasteiger partial charge in [0.2, 0.25) is 5.95 Å². The Morgan fingerprint density at radius 1 is 1.30 bits per heavy atom. The van der Waals surface area contributed by atoms with Crippen LogP contribution in [0.2, 0.25) is 0 Å². The van der Waals surface area contributed by atoms with Crippen LogP contribution < -0.4 is 15.5 Å². The minimum atomic E-state index is 0.416. The van der Waals surface area contributed by atoms with Crippen LogP contribution in [-0.4, -0.2) is 50.9 Å². The first-order valence-electron chi connectivity index (χ1n) is 9.43. The van der Waals surface area contributed by atoms with E-state index in [4.69, 9.17) is 15.1 Å². The van der Waals surface area contributed by atoms with Crippen molar-refractivity contribution < 1.29 is 0 Å². The summed E-state index contributed by atoms with van der Waals surface area (Å²) in [6.45, 7) is 6.09. The number of rotatable bonds is 6. The van der Waals surface area contributed by atoms with Crippen LogP contribution >= 0.6 is 0 Å². The highest BCUT2D eigenvalue weighted by molar-refractivity contribution is 5.90. The quantitative estimate of drug-likeness (QED) is 0.692. The van der Waals surface area contributed by atoms with Crippen molar-refractivity contribution in [1.29, 1.82) is 0 Å². The average Bonchev–Trinajstić information content (AvgIpc) is 2.92. The maximum atomic E-state index is 4.88. The first kappa shape index (κ1) is 17.7. The van der Waals surface area contributed by atoms with Crippen molar-refractivity contribution in [3.63, 3.8) is 0 Å². The van der Waals surface area contributed by atoms with Crippen LogP contribution in [0.25, 0.3) is 11.0 Å². The molecule has 1 saturated heterocycles. The van der Waals surface area contributed by atoms with Crippen molar-refractivity contribution in [2.45, 2.75) is 32.7 Å². The molecule has 0 atom stereocenters. The van der Waals surface area contributed by atoms with Crippen LogP contribution in [0.1, 0.15) is 24.6 Å². The molecule has 0 aliphatic carbocycles. The summed E-state index contributed by atoms with van der Waals surface area (Å²) in [6, 6.07) is 4.41. The van der Waals surface area contributed by atoms with Crippen LogP contribution in [0.15, 0.2) is 18.3 Å². The van der Waals surface area contributed by atoms with Gasteiger partial charge in [0.1, 0.15) is 16.9 Å². The van der Waals surface area contributed by atoms with Crippen molar-refractivity contribution in [2.24, 2.45) is 7.05 Å². The number of nitrogens with one attached hydrogen (secondary N) is 2. The van der Waals surface area contributed by atoms with E-state index in [2.05, 4.69) is 34.5 Å². The van der Waals surface area contributed by atoms with Gasteiger partial charge in [-0.25, -0.2) is 9.97 Å². The minimum Gasteiger partial charge on any atom is -0.338 e. The van der Waals surface area contributed by atoms with E-state index in [0.717, 1.165) is 59.9 Å². The Hall–Kier alpha value is -2.74. The molecule has 4 rings (SSSR count). The van der Waals surface area contributed by atoms with E-state index in [1.165, 1.54) is 0 Å². The molecule has 8 heteroatoms. The summed E-state index contributed by atoms with van der Waals surface area (Å²) < 4.78 is 1.87. The van der Waals surface area contributed by atoms with Crippen LogP contribution in [0.3, 0.4) is 0 Å². The second-order valence-electron chi connectivity index (χ2n) is 7.16. The summed E-state index contributed by atoms with van der Waals surface area (Å²) in [5, 5.41) is 11.4. The van der Waals surface area contributed by atoms with Gasteiger partial charge in [-0.1, -0.05) is 19.4 Å². The SMILES string of the molecule is CCCc1nn(C)c2c(Nc3ccc(C)cn3)nc(N(C)C3CNC3)nc12. The molecule has 4 heterocycles. The van der Waals surface area contributed by atoms with E-state index in [1.807, 2.05) is 37.0 Å². The van der Waals surface area contributed by atoms with E-state index in [-0.39, 0.29) is 0 Å². The van der Waals surface area contributed by atoms with Gasteiger partial charge in [0, 0.05) is 33.4 Å². The molecule has 8 nitrogen and oxygen atoms in total. The fourth-order valence-electron chi connectivity index (χ4n) is 3.25. The van der Waals surface area contributed by atoms with E-state index < -0.39 is 0 Å². The maximum Gasteiger partial charge on any atom is 0.228 e. The maximum absolute atomic E-state index is 4.88. The lowest BCUT2D eigenvalue weighted by molar-refractivity contribution is 0.425. The number of pyridine rings is 1. The Balaban J connectivity index is 1.82. The average molecular weight is 366 g/mol. The van der Waals surface area contributed by atoms with Gasteiger partial charge in [-0.2, -0.15) is 10.1 Å². The van der Waals surface area contributed by atoms with Crippen molar-refractivity contribution >= 4 is 28.6 Å². The Morgan fingerprint density at radius 3 is 2.74 bits per heavy atom. The van der Waals surface area contributed by atoms with Crippen LogP contribution in [0.5, 0.6) is 0 Å². The molecule has 0 saturated carbocycles. The highest BCUT2D eigenvalue weighted by Gasteiger charge is 2.26. The first-order chi connectivity index (χ1) is 13.1. The zero-order valence-electron chi connectivity index (χ0n) is 16.3. The van der Waals surface area contributed by atoms with Gasteiger partial charge >= 0.3 is 0 Å². The fourth-order valence-corrected chi connectivity index (χ4v) is 3.25. The molecule has 27 heavy (non-hydrogen) atoms. The van der Waals surface area contributed by atoms with E-state index >= 15 is 0 Å². The predicted molar refractivity (Wildman–Crippen MR) is 108 cm³/mol. The summed E-state index contributed by atoms with van der Waals surface area (Å²) in [7, 11) is 3.99. The number of aryl methyl sites for hydroxylation is 3. The molecular weight excluding hydrogens is 340 g/mol. The van der Waals surface area contributed by atoms with Crippen molar-refractivity contribution in [3.8, 4) is 0 Å². The third-order valence-electron chi connectivity index (χ3n) is 5.01. The zero-order chi connectivity index (χ0) is 19.0. The third kappa shape index (κ3) is 3.32. The molecular formula is C19H26N8. The summed E-state index contributed by atoms with van der Waals surface area (Å²) in [6.07, 6.45) is 3.76. The molecule has 0 radical (unpaired) electrons. The molecule has 142 valence electrons. The molecule has 0 bridgehead atoms. The number of fused-ring (bicyclic) bond motifs is 1. The number of likely N-dealkylation sites (N-methyl/N-ethyl adjacent to an activating group) is 1. The number of nitrogens with zero attached hydrogens (tertiary/aromatic N) is 6. The molecule has 3 aromatic rings. The highest BCUT2D eigenvalue weighted by atomic mass is 15.3. The van der Waals surface area contributed by atoms with E-state index in [0.29, 0.717) is 12.0 Å². The topological polar surface area (TPSA) is 83.8 Å². The van der Waals surface area contributed by atoms with Gasteiger partial charge < -0.3 is 15.5 Å². The Bertz CT molecular complexity index is 942. The summed E-state index contributed by atoms with van der Waals surface area (Å²) in [4.78, 5) is 16.3. The van der Waals surface area contributed by atoms with E-state index in [9.17, 15) is 0 Å². The highest BCUT2D eigenvalue weighted by Crippen LogP contribution is 2.28. The van der Waals surface area contributed by atoms with Crippen LogP contribution in [-0.2, 0) is 13.5 Å². The molecule has 2 N–H and O–H groups in total. The molecule has 0 aromatic carbocycles. The number of aromatic nitrogens is 5. The third-order valence-corrected chi connectivity index (χ3v) is 5.01. The monoisotopic (exact) mass is 366 g/mol. The smallest absolute Gasteiger partial charge is 0.228 e. The second kappa shape index (κ2) is 7.11. The Morgan fingerprint density at radius 2 is 2.11 bits per heavy atom. The first-order valence-corrected chi connectivity index (χ1v) is 9.43. The normalized spacial score (nSPS) is 14.4. The molecule has 0 spiro atoms.